The number of hydrogen-bond acceptors (Lipinski definition) is 3. The number of carbonyl (C=O) groups excluding carboxylic acids is 2. The normalized spacial score (nSPS) is 20.0. The van der Waals surface area contributed by atoms with Crippen molar-refractivity contribution in [3.8, 4) is 0 Å². The smallest absolute Gasteiger partial charge is 0.321 e. The molecule has 1 aromatic carbocycles. The number of amides is 3. The van der Waals surface area contributed by atoms with Gasteiger partial charge in [0, 0.05) is 37.4 Å². The fourth-order valence-corrected chi connectivity index (χ4v) is 3.25. The van der Waals surface area contributed by atoms with Gasteiger partial charge in [-0.05, 0) is 49.9 Å². The Morgan fingerprint density at radius 1 is 1.16 bits per heavy atom. The Morgan fingerprint density at radius 3 is 2.40 bits per heavy atom. The molecule has 0 radical (unpaired) electrons. The molecular formula is C18H23N3O4. The van der Waals surface area contributed by atoms with E-state index in [2.05, 4.69) is 5.32 Å². The van der Waals surface area contributed by atoms with Gasteiger partial charge in [0.2, 0.25) is 5.91 Å². The van der Waals surface area contributed by atoms with E-state index >= 15 is 0 Å². The Balaban J connectivity index is 1.62. The molecule has 134 valence electrons. The van der Waals surface area contributed by atoms with Gasteiger partial charge in [0.15, 0.2) is 0 Å². The molecule has 3 amide bonds. The lowest BCUT2D eigenvalue weighted by molar-refractivity contribution is -0.143. The summed E-state index contributed by atoms with van der Waals surface area (Å²) in [4.78, 5) is 38.6. The van der Waals surface area contributed by atoms with Gasteiger partial charge < -0.3 is 20.2 Å². The van der Waals surface area contributed by atoms with E-state index in [9.17, 15) is 14.4 Å². The topological polar surface area (TPSA) is 90.0 Å². The van der Waals surface area contributed by atoms with Crippen LogP contribution in [0.25, 0.3) is 0 Å². The second-order valence-corrected chi connectivity index (χ2v) is 6.72. The number of nitrogens with one attached hydrogen (secondary N) is 1. The highest BCUT2D eigenvalue weighted by Gasteiger charge is 2.32. The molecule has 25 heavy (non-hydrogen) atoms. The highest BCUT2D eigenvalue weighted by molar-refractivity contribution is 5.94. The summed E-state index contributed by atoms with van der Waals surface area (Å²) in [5.74, 6) is -1.33. The zero-order chi connectivity index (χ0) is 18.0. The minimum Gasteiger partial charge on any atom is -0.481 e. The van der Waals surface area contributed by atoms with Crippen molar-refractivity contribution in [1.82, 2.24) is 4.90 Å². The number of carbonyl (C=O) groups is 3. The molecule has 1 aliphatic carbocycles. The highest BCUT2D eigenvalue weighted by Crippen LogP contribution is 2.32. The summed E-state index contributed by atoms with van der Waals surface area (Å²) in [5.41, 5.74) is 1.46. The first-order valence-corrected chi connectivity index (χ1v) is 8.64. The maximum atomic E-state index is 12.3. The Kier molecular flexibility index (Phi) is 4.92. The van der Waals surface area contributed by atoms with E-state index in [1.165, 1.54) is 0 Å². The van der Waals surface area contributed by atoms with Crippen molar-refractivity contribution in [2.24, 2.45) is 5.92 Å². The summed E-state index contributed by atoms with van der Waals surface area (Å²) in [6, 6.07) is 7.19. The second kappa shape index (κ2) is 7.13. The first kappa shape index (κ1) is 17.3. The average molecular weight is 345 g/mol. The van der Waals surface area contributed by atoms with Gasteiger partial charge in [-0.25, -0.2) is 4.79 Å². The van der Waals surface area contributed by atoms with E-state index in [1.54, 1.807) is 28.9 Å². The molecule has 1 atom stereocenters. The van der Waals surface area contributed by atoms with Gasteiger partial charge in [-0.2, -0.15) is 0 Å². The summed E-state index contributed by atoms with van der Waals surface area (Å²) in [7, 11) is 0. The fraction of sp³-hybridized carbons (Fsp3) is 0.500. The van der Waals surface area contributed by atoms with Crippen molar-refractivity contribution in [3.05, 3.63) is 24.3 Å². The third kappa shape index (κ3) is 4.10. The first-order valence-electron chi connectivity index (χ1n) is 8.64. The lowest BCUT2D eigenvalue weighted by atomic mass is 9.99. The average Bonchev–Trinajstić information content (AvgIpc) is 3.41. The van der Waals surface area contributed by atoms with Gasteiger partial charge in [-0.3, -0.25) is 9.59 Å². The molecule has 7 heteroatoms. The van der Waals surface area contributed by atoms with Crippen LogP contribution in [0.15, 0.2) is 24.3 Å². The van der Waals surface area contributed by atoms with Crippen LogP contribution in [-0.4, -0.2) is 47.0 Å². The van der Waals surface area contributed by atoms with Gasteiger partial charge in [-0.1, -0.05) is 0 Å². The molecule has 2 aliphatic rings. The van der Waals surface area contributed by atoms with Crippen molar-refractivity contribution in [3.63, 3.8) is 0 Å². The van der Waals surface area contributed by atoms with Gasteiger partial charge >= 0.3 is 12.0 Å². The molecule has 1 saturated heterocycles. The number of carboxylic acids is 1. The molecule has 0 spiro atoms. The van der Waals surface area contributed by atoms with Crippen molar-refractivity contribution >= 4 is 29.3 Å². The summed E-state index contributed by atoms with van der Waals surface area (Å²) in [5, 5.41) is 11.9. The van der Waals surface area contributed by atoms with E-state index in [-0.39, 0.29) is 18.5 Å². The molecule has 3 rings (SSSR count). The summed E-state index contributed by atoms with van der Waals surface area (Å²) >= 11 is 0. The van der Waals surface area contributed by atoms with Crippen LogP contribution in [0.5, 0.6) is 0 Å². The molecule has 2 N–H and O–H groups in total. The third-order valence-corrected chi connectivity index (χ3v) is 4.71. The van der Waals surface area contributed by atoms with Crippen LogP contribution < -0.4 is 10.2 Å². The van der Waals surface area contributed by atoms with Crippen LogP contribution in [0, 0.1) is 5.92 Å². The molecule has 1 aromatic rings. The molecule has 1 saturated carbocycles. The van der Waals surface area contributed by atoms with Gasteiger partial charge in [-0.15, -0.1) is 0 Å². The number of hydrogen-bond donors (Lipinski definition) is 2. The van der Waals surface area contributed by atoms with Crippen LogP contribution in [0.1, 0.15) is 32.6 Å². The maximum Gasteiger partial charge on any atom is 0.321 e. The predicted octanol–water partition coefficient (Wildman–Crippen LogP) is 2.53. The van der Waals surface area contributed by atoms with E-state index < -0.39 is 11.9 Å². The Hall–Kier alpha value is -2.57. The highest BCUT2D eigenvalue weighted by atomic mass is 16.4. The molecule has 1 unspecified atom stereocenters. The predicted molar refractivity (Wildman–Crippen MR) is 93.6 cm³/mol. The minimum atomic E-state index is -0.855. The van der Waals surface area contributed by atoms with Crippen LogP contribution >= 0.6 is 0 Å². The van der Waals surface area contributed by atoms with E-state index in [4.69, 9.17) is 5.11 Å². The first-order chi connectivity index (χ1) is 12.0. The quantitative estimate of drug-likeness (QED) is 0.877. The molecule has 0 bridgehead atoms. The molecular weight excluding hydrogens is 322 g/mol. The van der Waals surface area contributed by atoms with E-state index in [0.717, 1.165) is 18.5 Å². The molecule has 1 aliphatic heterocycles. The number of piperidine rings is 1. The zero-order valence-electron chi connectivity index (χ0n) is 14.3. The number of benzene rings is 1. The van der Waals surface area contributed by atoms with Crippen LogP contribution in [0.3, 0.4) is 0 Å². The largest absolute Gasteiger partial charge is 0.481 e. The van der Waals surface area contributed by atoms with E-state index in [1.807, 2.05) is 12.1 Å². The van der Waals surface area contributed by atoms with Gasteiger partial charge in [0.05, 0.1) is 5.92 Å². The zero-order valence-corrected chi connectivity index (χ0v) is 14.3. The van der Waals surface area contributed by atoms with Crippen molar-refractivity contribution in [2.75, 3.05) is 23.3 Å². The third-order valence-electron chi connectivity index (χ3n) is 4.71. The van der Waals surface area contributed by atoms with Crippen LogP contribution in [-0.2, 0) is 9.59 Å². The van der Waals surface area contributed by atoms with Crippen molar-refractivity contribution < 1.29 is 19.5 Å². The lowest BCUT2D eigenvalue weighted by Gasteiger charge is -2.30. The van der Waals surface area contributed by atoms with Crippen molar-refractivity contribution in [1.29, 1.82) is 0 Å². The number of urea groups is 1. The van der Waals surface area contributed by atoms with Crippen LogP contribution in [0.4, 0.5) is 16.2 Å². The van der Waals surface area contributed by atoms with Gasteiger partial charge in [0.25, 0.3) is 0 Å². The summed E-state index contributed by atoms with van der Waals surface area (Å²) in [6.45, 7) is 2.36. The number of anilines is 2. The number of aliphatic carboxylic acids is 1. The van der Waals surface area contributed by atoms with E-state index in [0.29, 0.717) is 31.1 Å². The Labute approximate surface area is 146 Å². The standard InChI is InChI=1S/C18H23N3O4/c1-12(22)21(16-8-9-16)15-6-4-14(5-7-15)19-18(25)20-10-2-3-13(11-20)17(23)24/h4-7,13,16H,2-3,8-11H2,1H3,(H,19,25)(H,23,24). The van der Waals surface area contributed by atoms with Crippen molar-refractivity contribution in [2.45, 2.75) is 38.6 Å². The SMILES string of the molecule is CC(=O)N(c1ccc(NC(=O)N2CCCC(C(=O)O)C2)cc1)C1CC1. The molecule has 0 aromatic heterocycles. The molecule has 1 heterocycles. The number of carboxylic acid groups (broad SMARTS) is 1. The Bertz CT molecular complexity index is 669. The minimum absolute atomic E-state index is 0.0207. The summed E-state index contributed by atoms with van der Waals surface area (Å²) in [6.07, 6.45) is 3.35. The fourth-order valence-electron chi connectivity index (χ4n) is 3.25. The molecule has 7 nitrogen and oxygen atoms in total. The lowest BCUT2D eigenvalue weighted by Crippen LogP contribution is -2.44. The number of rotatable bonds is 4. The Morgan fingerprint density at radius 2 is 1.84 bits per heavy atom. The van der Waals surface area contributed by atoms with Gasteiger partial charge in [0.1, 0.15) is 0 Å². The number of nitrogens with zero attached hydrogens (tertiary/aromatic N) is 2. The summed E-state index contributed by atoms with van der Waals surface area (Å²) < 4.78 is 0. The second-order valence-electron chi connectivity index (χ2n) is 6.72. The monoisotopic (exact) mass is 345 g/mol. The maximum absolute atomic E-state index is 12.3. The molecule has 2 fully saturated rings. The number of likely N-dealkylation sites (tertiary alicyclic amines) is 1. The van der Waals surface area contributed by atoms with Crippen LogP contribution in [0.2, 0.25) is 0 Å².